The molecule has 0 spiro atoms. The van der Waals surface area contributed by atoms with Gasteiger partial charge in [-0.15, -0.1) is 0 Å². The Balaban J connectivity index is 2.53. The summed E-state index contributed by atoms with van der Waals surface area (Å²) in [7, 11) is 0. The summed E-state index contributed by atoms with van der Waals surface area (Å²) in [6.07, 6.45) is 1.72. The third-order valence-electron chi connectivity index (χ3n) is 2.17. The Morgan fingerprint density at radius 1 is 1.56 bits per heavy atom. The number of hydrogen-bond acceptors (Lipinski definition) is 6. The Bertz CT molecular complexity index is 387. The molecular weight excluding hydrogens is 250 g/mol. The molecule has 18 heavy (non-hydrogen) atoms. The molecule has 0 saturated heterocycles. The van der Waals surface area contributed by atoms with Crippen LogP contribution in [0, 0.1) is 6.92 Å². The molecule has 1 aromatic heterocycles. The fourth-order valence-corrected chi connectivity index (χ4v) is 2.27. The quantitative estimate of drug-likeness (QED) is 0.459. The molecule has 0 aliphatic heterocycles. The predicted octanol–water partition coefficient (Wildman–Crippen LogP) is 1.42. The number of aryl methyl sites for hydroxylation is 1. The van der Waals surface area contributed by atoms with Crippen molar-refractivity contribution in [1.82, 2.24) is 15.3 Å². The van der Waals surface area contributed by atoms with Crippen LogP contribution in [0.3, 0.4) is 0 Å². The van der Waals surface area contributed by atoms with Crippen LogP contribution in [0.15, 0.2) is 17.4 Å². The van der Waals surface area contributed by atoms with Gasteiger partial charge in [0.15, 0.2) is 5.16 Å². The van der Waals surface area contributed by atoms with Crippen LogP contribution in [0.25, 0.3) is 0 Å². The third-order valence-corrected chi connectivity index (χ3v) is 3.13. The van der Waals surface area contributed by atoms with Crippen molar-refractivity contribution in [3.05, 3.63) is 18.0 Å². The van der Waals surface area contributed by atoms with Crippen molar-refractivity contribution in [2.75, 3.05) is 18.9 Å². The molecule has 5 nitrogen and oxygen atoms in total. The number of thioether (sulfide) groups is 1. The van der Waals surface area contributed by atoms with Gasteiger partial charge < -0.3 is 10.1 Å². The highest BCUT2D eigenvalue weighted by Gasteiger charge is 2.19. The molecule has 1 rings (SSSR count). The average molecular weight is 269 g/mol. The maximum absolute atomic E-state index is 11.7. The maximum Gasteiger partial charge on any atom is 0.323 e. The summed E-state index contributed by atoms with van der Waals surface area (Å²) in [5.74, 6) is 0.343. The highest BCUT2D eigenvalue weighted by Crippen LogP contribution is 2.14. The highest BCUT2D eigenvalue weighted by molar-refractivity contribution is 7.99. The van der Waals surface area contributed by atoms with Crippen molar-refractivity contribution in [2.24, 2.45) is 0 Å². The second-order valence-corrected chi connectivity index (χ2v) is 4.64. The van der Waals surface area contributed by atoms with Crippen LogP contribution in [0.1, 0.15) is 19.5 Å². The van der Waals surface area contributed by atoms with Gasteiger partial charge in [-0.2, -0.15) is 0 Å². The monoisotopic (exact) mass is 269 g/mol. The second kappa shape index (κ2) is 8.05. The fourth-order valence-electron chi connectivity index (χ4n) is 1.35. The number of carbonyl (C=O) groups is 1. The first kappa shape index (κ1) is 14.9. The summed E-state index contributed by atoms with van der Waals surface area (Å²) < 4.78 is 5.01. The van der Waals surface area contributed by atoms with E-state index in [1.54, 1.807) is 13.1 Å². The molecule has 0 aliphatic carbocycles. The zero-order chi connectivity index (χ0) is 13.4. The molecule has 0 bridgehead atoms. The predicted molar refractivity (Wildman–Crippen MR) is 71.6 cm³/mol. The smallest absolute Gasteiger partial charge is 0.323 e. The van der Waals surface area contributed by atoms with Crippen LogP contribution in [-0.2, 0) is 9.53 Å². The van der Waals surface area contributed by atoms with E-state index in [0.717, 1.165) is 12.2 Å². The fraction of sp³-hybridized carbons (Fsp3) is 0.583. The zero-order valence-electron chi connectivity index (χ0n) is 11.0. The topological polar surface area (TPSA) is 64.1 Å². The molecule has 0 fully saturated rings. The van der Waals surface area contributed by atoms with Gasteiger partial charge in [-0.1, -0.05) is 18.7 Å². The number of aromatic nitrogens is 2. The van der Waals surface area contributed by atoms with E-state index in [1.807, 2.05) is 19.9 Å². The largest absolute Gasteiger partial charge is 0.465 e. The first-order valence-electron chi connectivity index (χ1n) is 5.99. The summed E-state index contributed by atoms with van der Waals surface area (Å²) >= 11 is 1.45. The normalized spacial score (nSPS) is 12.2. The molecular formula is C12H19N3O2S. The van der Waals surface area contributed by atoms with Gasteiger partial charge in [0.25, 0.3) is 0 Å². The Hall–Kier alpha value is -1.14. The molecule has 1 aromatic rings. The standard InChI is InChI=1S/C12H19N3O2S/c1-4-13-10(11(16)17-5-2)8-18-12-14-7-6-9(3)15-12/h6-7,10,13H,4-5,8H2,1-3H3. The van der Waals surface area contributed by atoms with E-state index < -0.39 is 0 Å². The number of carbonyl (C=O) groups excluding carboxylic acids is 1. The van der Waals surface area contributed by atoms with Gasteiger partial charge in [0.1, 0.15) is 6.04 Å². The molecule has 0 radical (unpaired) electrons. The van der Waals surface area contributed by atoms with Gasteiger partial charge in [0, 0.05) is 17.6 Å². The molecule has 6 heteroatoms. The summed E-state index contributed by atoms with van der Waals surface area (Å²) in [5.41, 5.74) is 0.920. The van der Waals surface area contributed by atoms with E-state index in [-0.39, 0.29) is 12.0 Å². The van der Waals surface area contributed by atoms with E-state index in [9.17, 15) is 4.79 Å². The van der Waals surface area contributed by atoms with Gasteiger partial charge in [0.05, 0.1) is 6.61 Å². The Morgan fingerprint density at radius 3 is 2.94 bits per heavy atom. The van der Waals surface area contributed by atoms with Crippen molar-refractivity contribution in [3.63, 3.8) is 0 Å². The summed E-state index contributed by atoms with van der Waals surface area (Å²) in [5, 5.41) is 3.78. The molecule has 1 heterocycles. The number of nitrogens with zero attached hydrogens (tertiary/aromatic N) is 2. The summed E-state index contributed by atoms with van der Waals surface area (Å²) in [4.78, 5) is 20.1. The van der Waals surface area contributed by atoms with Gasteiger partial charge in [-0.05, 0) is 26.5 Å². The van der Waals surface area contributed by atoms with Gasteiger partial charge in [-0.3, -0.25) is 4.79 Å². The highest BCUT2D eigenvalue weighted by atomic mass is 32.2. The van der Waals surface area contributed by atoms with Gasteiger partial charge >= 0.3 is 5.97 Å². The molecule has 1 atom stereocenters. The minimum absolute atomic E-state index is 0.223. The number of esters is 1. The second-order valence-electron chi connectivity index (χ2n) is 3.65. The first-order valence-corrected chi connectivity index (χ1v) is 6.98. The SMILES string of the molecule is CCNC(CSc1nccc(C)n1)C(=O)OCC. The lowest BCUT2D eigenvalue weighted by Crippen LogP contribution is -2.40. The lowest BCUT2D eigenvalue weighted by molar-refractivity contribution is -0.144. The van der Waals surface area contributed by atoms with Crippen molar-refractivity contribution in [1.29, 1.82) is 0 Å². The number of rotatable bonds is 7. The van der Waals surface area contributed by atoms with E-state index in [4.69, 9.17) is 4.74 Å². The zero-order valence-corrected chi connectivity index (χ0v) is 11.8. The van der Waals surface area contributed by atoms with Crippen molar-refractivity contribution < 1.29 is 9.53 Å². The Labute approximate surface area is 112 Å². The minimum Gasteiger partial charge on any atom is -0.465 e. The van der Waals surface area contributed by atoms with Crippen LogP contribution >= 0.6 is 11.8 Å². The number of ether oxygens (including phenoxy) is 1. The molecule has 1 unspecified atom stereocenters. The Morgan fingerprint density at radius 2 is 2.33 bits per heavy atom. The van der Waals surface area contributed by atoms with Crippen LogP contribution < -0.4 is 5.32 Å². The summed E-state index contributed by atoms with van der Waals surface area (Å²) in [6.45, 7) is 6.79. The van der Waals surface area contributed by atoms with E-state index in [1.165, 1.54) is 11.8 Å². The number of hydrogen-bond donors (Lipinski definition) is 1. The van der Waals surface area contributed by atoms with E-state index in [2.05, 4.69) is 15.3 Å². The van der Waals surface area contributed by atoms with Gasteiger partial charge in [0.2, 0.25) is 0 Å². The molecule has 0 saturated carbocycles. The van der Waals surface area contributed by atoms with Crippen LogP contribution in [0.5, 0.6) is 0 Å². The summed E-state index contributed by atoms with van der Waals surface area (Å²) in [6, 6.07) is 1.53. The third kappa shape index (κ3) is 5.01. The maximum atomic E-state index is 11.7. The molecule has 0 amide bonds. The van der Waals surface area contributed by atoms with Gasteiger partial charge in [-0.25, -0.2) is 9.97 Å². The molecule has 0 aliphatic rings. The van der Waals surface area contributed by atoms with Crippen LogP contribution in [0.4, 0.5) is 0 Å². The molecule has 100 valence electrons. The lowest BCUT2D eigenvalue weighted by atomic mass is 10.3. The number of nitrogens with one attached hydrogen (secondary N) is 1. The van der Waals surface area contributed by atoms with Crippen molar-refractivity contribution >= 4 is 17.7 Å². The van der Waals surface area contributed by atoms with E-state index >= 15 is 0 Å². The average Bonchev–Trinajstić information content (AvgIpc) is 2.35. The van der Waals surface area contributed by atoms with Crippen molar-refractivity contribution in [2.45, 2.75) is 32.0 Å². The molecule has 0 aromatic carbocycles. The molecule has 1 N–H and O–H groups in total. The Kier molecular flexibility index (Phi) is 6.67. The first-order chi connectivity index (χ1) is 8.67. The van der Waals surface area contributed by atoms with E-state index in [0.29, 0.717) is 17.5 Å². The van der Waals surface area contributed by atoms with Crippen LogP contribution in [0.2, 0.25) is 0 Å². The minimum atomic E-state index is -0.316. The van der Waals surface area contributed by atoms with Crippen LogP contribution in [-0.4, -0.2) is 40.9 Å². The lowest BCUT2D eigenvalue weighted by Gasteiger charge is -2.15. The van der Waals surface area contributed by atoms with Crippen molar-refractivity contribution in [3.8, 4) is 0 Å². The number of likely N-dealkylation sites (N-methyl/N-ethyl adjacent to an activating group) is 1.